The maximum atomic E-state index is 12.5. The Labute approximate surface area is 137 Å². The summed E-state index contributed by atoms with van der Waals surface area (Å²) < 4.78 is 5.33. The molecule has 20 heavy (non-hydrogen) atoms. The predicted molar refractivity (Wildman–Crippen MR) is 82.0 cm³/mol. The van der Waals surface area contributed by atoms with E-state index in [-0.39, 0.29) is 29.7 Å². The Morgan fingerprint density at radius 1 is 0.950 bits per heavy atom. The van der Waals surface area contributed by atoms with Crippen molar-refractivity contribution in [3.05, 3.63) is 60.7 Å². The fraction of sp³-hybridized carbons (Fsp3) is 0.188. The lowest BCUT2D eigenvalue weighted by atomic mass is 10.4. The zero-order chi connectivity index (χ0) is 13.7. The topological polar surface area (TPSA) is 26.3 Å². The first kappa shape index (κ1) is 17.1. The molecule has 2 aromatic rings. The normalized spacial score (nSPS) is 10.5. The summed E-state index contributed by atoms with van der Waals surface area (Å²) in [6.45, 7) is 4.28. The molecule has 0 N–H and O–H groups in total. The number of benzene rings is 2. The van der Waals surface area contributed by atoms with Crippen LogP contribution in [0.15, 0.2) is 60.7 Å². The molecular formula is C16H18IO2P. The molecule has 0 unspecified atom stereocenters. The average Bonchev–Trinajstić information content (AvgIpc) is 2.48. The Morgan fingerprint density at radius 3 is 1.70 bits per heavy atom. The largest absolute Gasteiger partial charge is 1.00 e. The smallest absolute Gasteiger partial charge is 0.460 e. The third kappa shape index (κ3) is 3.39. The standard InChI is InChI=1S/C16H18O2P.HI/c1-3-18-16(17)19(2,14-10-6-4-7-11-14)15-12-8-5-9-13-15;/h4-13H,3H2,1-2H3;1H/q+1;/p-1. The van der Waals surface area contributed by atoms with E-state index in [4.69, 9.17) is 4.74 Å². The van der Waals surface area contributed by atoms with Gasteiger partial charge in [-0.15, -0.1) is 0 Å². The monoisotopic (exact) mass is 400 g/mol. The molecular weight excluding hydrogens is 382 g/mol. The molecule has 4 heteroatoms. The lowest BCUT2D eigenvalue weighted by Gasteiger charge is -2.19. The molecule has 2 aromatic carbocycles. The van der Waals surface area contributed by atoms with E-state index < -0.39 is 7.26 Å². The van der Waals surface area contributed by atoms with Gasteiger partial charge >= 0.3 is 5.71 Å². The van der Waals surface area contributed by atoms with Gasteiger partial charge in [0.25, 0.3) is 0 Å². The first-order valence-corrected chi connectivity index (χ1v) is 8.58. The van der Waals surface area contributed by atoms with Crippen molar-refractivity contribution < 1.29 is 33.5 Å². The number of rotatable bonds is 4. The Morgan fingerprint density at radius 2 is 1.35 bits per heavy atom. The lowest BCUT2D eigenvalue weighted by Crippen LogP contribution is -3.00. The van der Waals surface area contributed by atoms with Crippen LogP contribution < -0.4 is 34.6 Å². The molecule has 106 valence electrons. The second-order valence-electron chi connectivity index (χ2n) is 4.38. The molecule has 0 aliphatic heterocycles. The average molecular weight is 400 g/mol. The highest BCUT2D eigenvalue weighted by Gasteiger charge is 2.48. The van der Waals surface area contributed by atoms with Crippen molar-refractivity contribution in [1.29, 1.82) is 0 Å². The maximum Gasteiger partial charge on any atom is 0.460 e. The van der Waals surface area contributed by atoms with Crippen molar-refractivity contribution >= 4 is 23.6 Å². The molecule has 0 aliphatic rings. The van der Waals surface area contributed by atoms with Gasteiger partial charge in [0, 0.05) is 0 Å². The van der Waals surface area contributed by atoms with E-state index in [1.54, 1.807) is 0 Å². The fourth-order valence-corrected chi connectivity index (χ4v) is 4.71. The van der Waals surface area contributed by atoms with Crippen LogP contribution in [0.25, 0.3) is 0 Å². The highest BCUT2D eigenvalue weighted by molar-refractivity contribution is 8.01. The molecule has 2 rings (SSSR count). The lowest BCUT2D eigenvalue weighted by molar-refractivity contribution is -0.00000860. The molecule has 2 nitrogen and oxygen atoms in total. The van der Waals surface area contributed by atoms with Crippen LogP contribution in [-0.2, 0) is 4.74 Å². The first-order valence-electron chi connectivity index (χ1n) is 6.34. The second kappa shape index (κ2) is 7.75. The quantitative estimate of drug-likeness (QED) is 0.551. The number of ether oxygens (including phenoxy) is 1. The molecule has 0 aliphatic carbocycles. The van der Waals surface area contributed by atoms with Crippen LogP contribution in [0.5, 0.6) is 0 Å². The molecule has 0 radical (unpaired) electrons. The number of hydrogen-bond acceptors (Lipinski definition) is 2. The van der Waals surface area contributed by atoms with Crippen molar-refractivity contribution in [1.82, 2.24) is 0 Å². The van der Waals surface area contributed by atoms with Crippen LogP contribution >= 0.6 is 7.26 Å². The number of carbonyl (C=O) groups excluding carboxylic acids is 1. The Bertz CT molecular complexity index is 503. The van der Waals surface area contributed by atoms with Gasteiger partial charge in [-0.3, -0.25) is 0 Å². The molecule has 0 bridgehead atoms. The van der Waals surface area contributed by atoms with E-state index in [0.29, 0.717) is 6.61 Å². The van der Waals surface area contributed by atoms with Crippen LogP contribution in [0.2, 0.25) is 0 Å². The summed E-state index contributed by atoms with van der Waals surface area (Å²) in [6.07, 6.45) is 0. The summed E-state index contributed by atoms with van der Waals surface area (Å²) >= 11 is 0. The summed E-state index contributed by atoms with van der Waals surface area (Å²) in [5.74, 6) is 0. The van der Waals surface area contributed by atoms with E-state index in [9.17, 15) is 4.79 Å². The number of halogens is 1. The molecule has 0 spiro atoms. The SMILES string of the molecule is CCOC(=O)[P+](C)(c1ccccc1)c1ccccc1.[I-]. The highest BCUT2D eigenvalue weighted by Crippen LogP contribution is 2.54. The van der Waals surface area contributed by atoms with E-state index in [0.717, 1.165) is 10.6 Å². The second-order valence-corrected chi connectivity index (χ2v) is 7.79. The summed E-state index contributed by atoms with van der Waals surface area (Å²) in [5.41, 5.74) is -0.104. The summed E-state index contributed by atoms with van der Waals surface area (Å²) in [6, 6.07) is 19.8. The summed E-state index contributed by atoms with van der Waals surface area (Å²) in [7, 11) is -2.14. The summed E-state index contributed by atoms with van der Waals surface area (Å²) in [5, 5.41) is 2.11. The van der Waals surface area contributed by atoms with E-state index >= 15 is 0 Å². The molecule has 0 saturated heterocycles. The summed E-state index contributed by atoms with van der Waals surface area (Å²) in [4.78, 5) is 12.5. The maximum absolute atomic E-state index is 12.5. The molecule has 0 aromatic heterocycles. The van der Waals surface area contributed by atoms with Crippen LogP contribution in [0, 0.1) is 0 Å². The van der Waals surface area contributed by atoms with E-state index in [2.05, 4.69) is 0 Å². The zero-order valence-electron chi connectivity index (χ0n) is 11.6. The van der Waals surface area contributed by atoms with Crippen molar-refractivity contribution in [3.63, 3.8) is 0 Å². The Balaban J connectivity index is 0.00000200. The third-order valence-electron chi connectivity index (χ3n) is 3.18. The van der Waals surface area contributed by atoms with Gasteiger partial charge in [0.15, 0.2) is 7.26 Å². The third-order valence-corrected chi connectivity index (χ3v) is 6.70. The van der Waals surface area contributed by atoms with Crippen LogP contribution in [0.4, 0.5) is 4.79 Å². The molecule has 0 saturated carbocycles. The predicted octanol–water partition coefficient (Wildman–Crippen LogP) is 0.445. The van der Waals surface area contributed by atoms with Crippen molar-refractivity contribution in [2.45, 2.75) is 6.92 Å². The molecule has 0 heterocycles. The van der Waals surface area contributed by atoms with Gasteiger partial charge in [0.1, 0.15) is 10.6 Å². The zero-order valence-corrected chi connectivity index (χ0v) is 14.7. The van der Waals surface area contributed by atoms with Crippen LogP contribution in [-0.4, -0.2) is 19.0 Å². The fourth-order valence-electron chi connectivity index (χ4n) is 2.06. The first-order chi connectivity index (χ1) is 9.19. The minimum Gasteiger partial charge on any atom is -1.00 e. The molecule has 0 atom stereocenters. The van der Waals surface area contributed by atoms with E-state index in [1.807, 2.05) is 74.3 Å². The van der Waals surface area contributed by atoms with Gasteiger partial charge in [-0.05, 0) is 31.2 Å². The van der Waals surface area contributed by atoms with Crippen molar-refractivity contribution in [2.75, 3.05) is 13.3 Å². The van der Waals surface area contributed by atoms with Gasteiger partial charge < -0.3 is 28.7 Å². The Hall–Kier alpha value is -0.930. The van der Waals surface area contributed by atoms with E-state index in [1.165, 1.54) is 0 Å². The van der Waals surface area contributed by atoms with Gasteiger partial charge in [0.05, 0.1) is 13.3 Å². The van der Waals surface area contributed by atoms with Crippen LogP contribution in [0.1, 0.15) is 6.92 Å². The van der Waals surface area contributed by atoms with Gasteiger partial charge in [-0.2, -0.15) is 0 Å². The minimum atomic E-state index is -2.14. The van der Waals surface area contributed by atoms with Crippen molar-refractivity contribution in [2.24, 2.45) is 0 Å². The van der Waals surface area contributed by atoms with Crippen molar-refractivity contribution in [3.8, 4) is 0 Å². The number of hydrogen-bond donors (Lipinski definition) is 0. The number of carbonyl (C=O) groups is 1. The molecule has 0 fully saturated rings. The van der Waals surface area contributed by atoms with Gasteiger partial charge in [-0.25, -0.2) is 4.79 Å². The van der Waals surface area contributed by atoms with Crippen LogP contribution in [0.3, 0.4) is 0 Å². The molecule has 0 amide bonds. The van der Waals surface area contributed by atoms with Gasteiger partial charge in [0.2, 0.25) is 0 Å². The highest BCUT2D eigenvalue weighted by atomic mass is 127. The Kier molecular flexibility index (Phi) is 6.63. The van der Waals surface area contributed by atoms with Gasteiger partial charge in [-0.1, -0.05) is 36.4 Å². The minimum absolute atomic E-state index is 0.